The molecule has 0 aliphatic heterocycles. The molecule has 0 fully saturated rings. The maximum Gasteiger partial charge on any atom is 0.241 e. The van der Waals surface area contributed by atoms with Gasteiger partial charge in [0.2, 0.25) is 5.91 Å². The van der Waals surface area contributed by atoms with Crippen LogP contribution in [0.5, 0.6) is 0 Å². The second-order valence-electron chi connectivity index (χ2n) is 3.27. The minimum Gasteiger partial charge on any atom is -0.323 e. The topological polar surface area (TPSA) is 72.2 Å². The number of nitrogens with one attached hydrogen (secondary N) is 1. The number of thiophene rings is 1. The van der Waals surface area contributed by atoms with Gasteiger partial charge in [-0.2, -0.15) is 0 Å². The van der Waals surface area contributed by atoms with E-state index in [4.69, 9.17) is 17.3 Å². The summed E-state index contributed by atoms with van der Waals surface area (Å²) in [6.45, 7) is 0. The fourth-order valence-electron chi connectivity index (χ4n) is 1.03. The van der Waals surface area contributed by atoms with Gasteiger partial charge in [0.05, 0.1) is 11.7 Å². The van der Waals surface area contributed by atoms with Crippen LogP contribution in [-0.4, -0.2) is 28.2 Å². The van der Waals surface area contributed by atoms with Gasteiger partial charge in [0, 0.05) is 22.8 Å². The summed E-state index contributed by atoms with van der Waals surface area (Å²) >= 11 is 7.17. The number of rotatable bonds is 5. The first-order valence-electron chi connectivity index (χ1n) is 4.60. The molecule has 4 nitrogen and oxygen atoms in total. The Labute approximate surface area is 106 Å². The first-order valence-corrected chi connectivity index (χ1v) is 7.58. The number of carbonyl (C=O) groups is 1. The van der Waals surface area contributed by atoms with Crippen LogP contribution in [0.3, 0.4) is 0 Å². The van der Waals surface area contributed by atoms with Gasteiger partial charge in [0.15, 0.2) is 0 Å². The van der Waals surface area contributed by atoms with Crippen molar-refractivity contribution in [3.63, 3.8) is 0 Å². The molecule has 0 radical (unpaired) electrons. The number of nitrogens with two attached hydrogens (primary N) is 1. The lowest BCUT2D eigenvalue weighted by Gasteiger charge is -2.10. The Bertz CT molecular complexity index is 395. The van der Waals surface area contributed by atoms with E-state index in [1.807, 2.05) is 0 Å². The third kappa shape index (κ3) is 4.21. The number of carbonyl (C=O) groups excluding carboxylic acids is 1. The average molecular weight is 281 g/mol. The van der Waals surface area contributed by atoms with Crippen molar-refractivity contribution in [2.75, 3.05) is 17.3 Å². The molecule has 3 N–H and O–H groups in total. The van der Waals surface area contributed by atoms with Gasteiger partial charge in [-0.25, -0.2) is 0 Å². The number of hydrogen-bond acceptors (Lipinski definition) is 4. The highest BCUT2D eigenvalue weighted by atomic mass is 35.5. The third-order valence-corrected chi connectivity index (χ3v) is 3.91. The Morgan fingerprint density at radius 2 is 2.44 bits per heavy atom. The van der Waals surface area contributed by atoms with Gasteiger partial charge in [-0.05, 0) is 17.9 Å². The molecular weight excluding hydrogens is 268 g/mol. The molecule has 0 saturated carbocycles. The van der Waals surface area contributed by atoms with E-state index in [0.717, 1.165) is 0 Å². The van der Waals surface area contributed by atoms with Gasteiger partial charge in [-0.15, -0.1) is 11.3 Å². The smallest absolute Gasteiger partial charge is 0.241 e. The molecule has 2 atom stereocenters. The third-order valence-electron chi connectivity index (χ3n) is 1.93. The van der Waals surface area contributed by atoms with Crippen LogP contribution < -0.4 is 11.1 Å². The zero-order chi connectivity index (χ0) is 12.1. The van der Waals surface area contributed by atoms with Crippen molar-refractivity contribution in [3.8, 4) is 0 Å². The molecule has 0 saturated heterocycles. The van der Waals surface area contributed by atoms with Gasteiger partial charge >= 0.3 is 0 Å². The fourth-order valence-corrected chi connectivity index (χ4v) is 2.45. The van der Waals surface area contributed by atoms with Crippen molar-refractivity contribution < 1.29 is 9.00 Å². The van der Waals surface area contributed by atoms with Crippen LogP contribution in [0.25, 0.3) is 0 Å². The molecule has 0 aliphatic carbocycles. The monoisotopic (exact) mass is 280 g/mol. The van der Waals surface area contributed by atoms with Gasteiger partial charge in [-0.1, -0.05) is 11.6 Å². The minimum absolute atomic E-state index is 0.300. The number of anilines is 1. The Morgan fingerprint density at radius 3 is 2.94 bits per heavy atom. The van der Waals surface area contributed by atoms with Crippen LogP contribution in [0, 0.1) is 0 Å². The predicted octanol–water partition coefficient (Wildman–Crippen LogP) is 1.44. The molecule has 0 spiro atoms. The summed E-state index contributed by atoms with van der Waals surface area (Å²) in [4.78, 5) is 11.6. The number of amides is 1. The molecule has 1 aromatic rings. The minimum atomic E-state index is -0.930. The second kappa shape index (κ2) is 6.34. The summed E-state index contributed by atoms with van der Waals surface area (Å²) in [6, 6.07) is 1.06. The summed E-state index contributed by atoms with van der Waals surface area (Å²) in [5.41, 5.74) is 6.22. The lowest BCUT2D eigenvalue weighted by molar-refractivity contribution is -0.117. The fraction of sp³-hybridized carbons (Fsp3) is 0.444. The first kappa shape index (κ1) is 13.6. The van der Waals surface area contributed by atoms with E-state index in [-0.39, 0.29) is 5.91 Å². The van der Waals surface area contributed by atoms with Crippen molar-refractivity contribution >= 4 is 45.3 Å². The van der Waals surface area contributed by atoms with Crippen molar-refractivity contribution in [1.82, 2.24) is 0 Å². The van der Waals surface area contributed by atoms with Crippen molar-refractivity contribution in [2.24, 2.45) is 5.73 Å². The van der Waals surface area contributed by atoms with Crippen molar-refractivity contribution in [1.29, 1.82) is 0 Å². The first-order chi connectivity index (χ1) is 7.50. The summed E-state index contributed by atoms with van der Waals surface area (Å²) in [6.07, 6.45) is 1.98. The van der Waals surface area contributed by atoms with Crippen LogP contribution in [0.2, 0.25) is 4.34 Å². The zero-order valence-electron chi connectivity index (χ0n) is 8.73. The lowest BCUT2D eigenvalue weighted by atomic mass is 10.2. The van der Waals surface area contributed by atoms with Gasteiger partial charge in [0.1, 0.15) is 4.34 Å². The molecule has 1 amide bonds. The van der Waals surface area contributed by atoms with E-state index in [1.54, 1.807) is 17.7 Å². The molecule has 7 heteroatoms. The van der Waals surface area contributed by atoms with Crippen molar-refractivity contribution in [2.45, 2.75) is 12.5 Å². The molecule has 0 aromatic carbocycles. The van der Waals surface area contributed by atoms with Crippen LogP contribution in [0.4, 0.5) is 5.69 Å². The van der Waals surface area contributed by atoms with Crippen molar-refractivity contribution in [3.05, 3.63) is 15.8 Å². The van der Waals surface area contributed by atoms with E-state index < -0.39 is 16.8 Å². The Hall–Kier alpha value is -0.430. The van der Waals surface area contributed by atoms with E-state index in [0.29, 0.717) is 22.2 Å². The quantitative estimate of drug-likeness (QED) is 0.857. The molecule has 90 valence electrons. The predicted molar refractivity (Wildman–Crippen MR) is 69.5 cm³/mol. The highest BCUT2D eigenvalue weighted by Crippen LogP contribution is 2.27. The Morgan fingerprint density at radius 1 is 1.75 bits per heavy atom. The molecule has 1 heterocycles. The molecule has 1 rings (SSSR count). The average Bonchev–Trinajstić information content (AvgIpc) is 2.60. The van der Waals surface area contributed by atoms with E-state index in [2.05, 4.69) is 5.32 Å². The van der Waals surface area contributed by atoms with Gasteiger partial charge in [-0.3, -0.25) is 9.00 Å². The van der Waals surface area contributed by atoms with Crippen LogP contribution in [0.15, 0.2) is 11.4 Å². The van der Waals surface area contributed by atoms with Crippen LogP contribution >= 0.6 is 22.9 Å². The highest BCUT2D eigenvalue weighted by Gasteiger charge is 2.15. The highest BCUT2D eigenvalue weighted by molar-refractivity contribution is 7.84. The largest absolute Gasteiger partial charge is 0.323 e. The van der Waals surface area contributed by atoms with Crippen LogP contribution in [-0.2, 0) is 15.6 Å². The standard InChI is InChI=1S/C9H13ClN2O2S2/c1-16(14)5-3-6(11)9(13)12-7-2-4-15-8(7)10/h2,4,6H,3,5,11H2,1H3,(H,12,13). The zero-order valence-corrected chi connectivity index (χ0v) is 11.1. The normalized spacial score (nSPS) is 14.4. The molecule has 2 unspecified atom stereocenters. The Kier molecular flexibility index (Phi) is 5.40. The summed E-state index contributed by atoms with van der Waals surface area (Å²) in [5, 5.41) is 4.41. The second-order valence-corrected chi connectivity index (χ2v) is 6.34. The molecule has 0 aliphatic rings. The molecule has 0 bridgehead atoms. The Balaban J connectivity index is 2.46. The number of halogens is 1. The molecular formula is C9H13ClN2O2S2. The SMILES string of the molecule is CS(=O)CCC(N)C(=O)Nc1ccsc1Cl. The van der Waals surface area contributed by atoms with E-state index >= 15 is 0 Å². The lowest BCUT2D eigenvalue weighted by Crippen LogP contribution is -2.36. The maximum atomic E-state index is 11.6. The molecule has 16 heavy (non-hydrogen) atoms. The molecule has 1 aromatic heterocycles. The summed E-state index contributed by atoms with van der Waals surface area (Å²) in [5.74, 6) is 0.122. The van der Waals surface area contributed by atoms with E-state index in [9.17, 15) is 9.00 Å². The van der Waals surface area contributed by atoms with E-state index in [1.165, 1.54) is 11.3 Å². The number of hydrogen-bond donors (Lipinski definition) is 2. The maximum absolute atomic E-state index is 11.6. The summed E-state index contributed by atoms with van der Waals surface area (Å²) < 4.78 is 11.4. The van der Waals surface area contributed by atoms with Crippen LogP contribution in [0.1, 0.15) is 6.42 Å². The summed E-state index contributed by atoms with van der Waals surface area (Å²) in [7, 11) is -0.930. The van der Waals surface area contributed by atoms with Gasteiger partial charge < -0.3 is 11.1 Å². The van der Waals surface area contributed by atoms with Gasteiger partial charge in [0.25, 0.3) is 0 Å².